The summed E-state index contributed by atoms with van der Waals surface area (Å²) in [5, 5.41) is 32.0. The number of azo groups is 1. The normalized spacial score (nSPS) is 11.3. The van der Waals surface area contributed by atoms with E-state index in [0.717, 1.165) is 0 Å². The van der Waals surface area contributed by atoms with Crippen LogP contribution in [0.25, 0.3) is 16.7 Å². The monoisotopic (exact) mass is 484 g/mol. The first-order valence-corrected chi connectivity index (χ1v) is 10.8. The number of halogens is 1. The number of hydrogen-bond donors (Lipinski definition) is 2. The number of anilines is 1. The summed E-state index contributed by atoms with van der Waals surface area (Å²) in [7, 11) is 0. The number of hydrogen-bond acceptors (Lipinski definition) is 8. The zero-order chi connectivity index (χ0) is 24.4. The number of fused-ring (bicyclic) bond motifs is 1. The Kier molecular flexibility index (Phi) is 5.86. The Morgan fingerprint density at radius 2 is 1.74 bits per heavy atom. The number of phenols is 1. The number of nitrogens with zero attached hydrogens (tertiary/aromatic N) is 7. The first-order chi connectivity index (χ1) is 17.0. The second-order valence-corrected chi connectivity index (χ2v) is 7.87. The smallest absolute Gasteiger partial charge is 0.277 e. The van der Waals surface area contributed by atoms with Crippen molar-refractivity contribution in [2.45, 2.75) is 6.92 Å². The van der Waals surface area contributed by atoms with E-state index < -0.39 is 5.91 Å². The molecule has 5 aromatic rings. The van der Waals surface area contributed by atoms with E-state index in [4.69, 9.17) is 11.6 Å². The molecule has 0 unspecified atom stereocenters. The zero-order valence-electron chi connectivity index (χ0n) is 18.3. The van der Waals surface area contributed by atoms with Crippen molar-refractivity contribution in [2.75, 3.05) is 5.32 Å². The molecule has 2 heterocycles. The molecule has 1 amide bonds. The Labute approximate surface area is 204 Å². The molecular weight excluding hydrogens is 468 g/mol. The third-order valence-corrected chi connectivity index (χ3v) is 5.39. The fourth-order valence-corrected chi connectivity index (χ4v) is 3.64. The van der Waals surface area contributed by atoms with E-state index in [0.29, 0.717) is 33.3 Å². The van der Waals surface area contributed by atoms with Crippen LogP contribution in [0.3, 0.4) is 0 Å². The second kappa shape index (κ2) is 9.27. The molecule has 10 nitrogen and oxygen atoms in total. The molecule has 0 bridgehead atoms. The Morgan fingerprint density at radius 1 is 1.00 bits per heavy atom. The van der Waals surface area contributed by atoms with Crippen molar-refractivity contribution in [1.82, 2.24) is 24.7 Å². The summed E-state index contributed by atoms with van der Waals surface area (Å²) in [5.74, 6) is 0.131. The predicted molar refractivity (Wildman–Crippen MR) is 131 cm³/mol. The molecule has 0 saturated carbocycles. The highest BCUT2D eigenvalue weighted by molar-refractivity contribution is 6.30. The maximum absolute atomic E-state index is 13.2. The maximum Gasteiger partial charge on any atom is 0.277 e. The quantitative estimate of drug-likeness (QED) is 0.314. The molecule has 11 heteroatoms. The lowest BCUT2D eigenvalue weighted by Gasteiger charge is -2.12. The Balaban J connectivity index is 1.56. The number of nitrogens with one attached hydrogen (secondary N) is 1. The molecule has 0 saturated heterocycles. The third-order valence-electron chi connectivity index (χ3n) is 5.14. The summed E-state index contributed by atoms with van der Waals surface area (Å²) >= 11 is 5.93. The van der Waals surface area contributed by atoms with E-state index >= 15 is 0 Å². The number of phenolic OH excluding ortho intramolecular Hbond substituents is 1. The summed E-state index contributed by atoms with van der Waals surface area (Å²) in [6.07, 6.45) is 3.17. The number of aromatic nitrogens is 5. The SMILES string of the molecule is Cc1nnc(N=Nc2cc3ccccc3c(C(=O)Nc3ccc(Cl)cc3)c2O)n1-c1ncccn1. The van der Waals surface area contributed by atoms with E-state index in [9.17, 15) is 9.90 Å². The van der Waals surface area contributed by atoms with Gasteiger partial charge in [-0.15, -0.1) is 20.4 Å². The van der Waals surface area contributed by atoms with E-state index in [1.807, 2.05) is 12.1 Å². The van der Waals surface area contributed by atoms with E-state index in [1.165, 1.54) is 4.57 Å². The van der Waals surface area contributed by atoms with Crippen LogP contribution in [-0.4, -0.2) is 35.7 Å². The van der Waals surface area contributed by atoms with Gasteiger partial charge in [-0.1, -0.05) is 35.9 Å². The molecule has 0 aliphatic carbocycles. The molecule has 0 fully saturated rings. The van der Waals surface area contributed by atoms with Gasteiger partial charge < -0.3 is 10.4 Å². The fourth-order valence-electron chi connectivity index (χ4n) is 3.51. The van der Waals surface area contributed by atoms with Crippen LogP contribution >= 0.6 is 11.6 Å². The fraction of sp³-hybridized carbons (Fsp3) is 0.0417. The maximum atomic E-state index is 13.2. The van der Waals surface area contributed by atoms with E-state index in [1.54, 1.807) is 67.8 Å². The molecule has 2 N–H and O–H groups in total. The lowest BCUT2D eigenvalue weighted by molar-refractivity contribution is 0.102. The van der Waals surface area contributed by atoms with Crippen LogP contribution in [0.1, 0.15) is 16.2 Å². The molecule has 0 atom stereocenters. The van der Waals surface area contributed by atoms with Gasteiger partial charge in [0.15, 0.2) is 5.75 Å². The van der Waals surface area contributed by atoms with Crippen LogP contribution in [0, 0.1) is 6.92 Å². The highest BCUT2D eigenvalue weighted by Gasteiger charge is 2.20. The van der Waals surface area contributed by atoms with Gasteiger partial charge >= 0.3 is 0 Å². The Morgan fingerprint density at radius 3 is 2.51 bits per heavy atom. The number of aromatic hydroxyl groups is 1. The van der Waals surface area contributed by atoms with Crippen LogP contribution in [0.2, 0.25) is 5.02 Å². The summed E-state index contributed by atoms with van der Waals surface area (Å²) < 4.78 is 1.52. The molecule has 2 aromatic heterocycles. The van der Waals surface area contributed by atoms with Gasteiger partial charge in [-0.05, 0) is 54.1 Å². The molecule has 35 heavy (non-hydrogen) atoms. The molecule has 5 rings (SSSR count). The Hall–Kier alpha value is -4.70. The number of carbonyl (C=O) groups is 1. The van der Waals surface area contributed by atoms with Gasteiger partial charge in [0.1, 0.15) is 11.5 Å². The van der Waals surface area contributed by atoms with E-state index in [2.05, 4.69) is 35.7 Å². The van der Waals surface area contributed by atoms with Crippen molar-refractivity contribution in [3.05, 3.63) is 89.5 Å². The van der Waals surface area contributed by atoms with Crippen molar-refractivity contribution < 1.29 is 9.90 Å². The Bertz CT molecular complexity index is 1570. The minimum absolute atomic E-state index is 0.0658. The number of amides is 1. The minimum Gasteiger partial charge on any atom is -0.505 e. The van der Waals surface area contributed by atoms with Gasteiger partial charge in [-0.25, -0.2) is 14.5 Å². The number of carbonyl (C=O) groups excluding carboxylic acids is 1. The summed E-state index contributed by atoms with van der Waals surface area (Å²) in [6, 6.07) is 17.2. The molecular formula is C24H17ClN8O2. The average molecular weight is 485 g/mol. The highest BCUT2D eigenvalue weighted by atomic mass is 35.5. The van der Waals surface area contributed by atoms with Crippen LogP contribution in [-0.2, 0) is 0 Å². The molecule has 0 aliphatic rings. The summed E-state index contributed by atoms with van der Waals surface area (Å²) in [5.41, 5.74) is 0.684. The van der Waals surface area contributed by atoms with E-state index in [-0.39, 0.29) is 22.9 Å². The summed E-state index contributed by atoms with van der Waals surface area (Å²) in [6.45, 7) is 1.73. The largest absolute Gasteiger partial charge is 0.505 e. The topological polar surface area (TPSA) is 131 Å². The molecule has 3 aromatic carbocycles. The van der Waals surface area contributed by atoms with Crippen molar-refractivity contribution >= 4 is 45.6 Å². The van der Waals surface area contributed by atoms with Crippen molar-refractivity contribution in [3.8, 4) is 11.7 Å². The van der Waals surface area contributed by atoms with Crippen molar-refractivity contribution in [2.24, 2.45) is 10.2 Å². The standard InChI is InChI=1S/C24H17ClN8O2/c1-14-29-31-24(33(14)23-26-11-4-12-27-23)32-30-19-13-15-5-2-3-6-18(15)20(21(19)34)22(35)28-17-9-7-16(25)8-10-17/h2-13,34H,1H3,(H,28,35). The van der Waals surface area contributed by atoms with Crippen molar-refractivity contribution in [3.63, 3.8) is 0 Å². The van der Waals surface area contributed by atoms with Crippen LogP contribution in [0.15, 0.2) is 83.3 Å². The van der Waals surface area contributed by atoms with Crippen LogP contribution in [0.5, 0.6) is 5.75 Å². The number of rotatable bonds is 5. The highest BCUT2D eigenvalue weighted by Crippen LogP contribution is 2.38. The van der Waals surface area contributed by atoms with Gasteiger partial charge in [0.25, 0.3) is 11.9 Å². The van der Waals surface area contributed by atoms with Crippen LogP contribution < -0.4 is 5.32 Å². The number of benzene rings is 3. The zero-order valence-corrected chi connectivity index (χ0v) is 19.0. The molecule has 0 spiro atoms. The minimum atomic E-state index is -0.505. The lowest BCUT2D eigenvalue weighted by Crippen LogP contribution is -2.12. The molecule has 0 aliphatic heterocycles. The first kappa shape index (κ1) is 22.1. The van der Waals surface area contributed by atoms with Gasteiger partial charge in [-0.3, -0.25) is 4.79 Å². The van der Waals surface area contributed by atoms with Gasteiger partial charge in [0.2, 0.25) is 5.95 Å². The van der Waals surface area contributed by atoms with Gasteiger partial charge in [0, 0.05) is 23.1 Å². The summed E-state index contributed by atoms with van der Waals surface area (Å²) in [4.78, 5) is 21.6. The second-order valence-electron chi connectivity index (χ2n) is 7.43. The van der Waals surface area contributed by atoms with Gasteiger partial charge in [-0.2, -0.15) is 0 Å². The molecule has 0 radical (unpaired) electrons. The molecule has 172 valence electrons. The predicted octanol–water partition coefficient (Wildman–Crippen LogP) is 5.55. The first-order valence-electron chi connectivity index (χ1n) is 10.4. The van der Waals surface area contributed by atoms with Gasteiger partial charge in [0.05, 0.1) is 5.56 Å². The number of aryl methyl sites for hydroxylation is 1. The lowest BCUT2D eigenvalue weighted by atomic mass is 10.0. The third kappa shape index (κ3) is 4.42. The average Bonchev–Trinajstić information content (AvgIpc) is 3.24. The van der Waals surface area contributed by atoms with Crippen LogP contribution in [0.4, 0.5) is 17.3 Å². The van der Waals surface area contributed by atoms with Crippen molar-refractivity contribution in [1.29, 1.82) is 0 Å².